The Morgan fingerprint density at radius 2 is 2.17 bits per heavy atom. The Hall–Kier alpha value is -1.55. The molecule has 0 aromatic heterocycles. The molecule has 0 heterocycles. The SMILES string of the molecule is CC(=NO)c1ccc(C)cc1OC1CCCC1O. The molecular weight excluding hydrogens is 230 g/mol. The second kappa shape index (κ2) is 5.40. The van der Waals surface area contributed by atoms with Gasteiger partial charge in [0.1, 0.15) is 11.9 Å². The maximum atomic E-state index is 9.80. The number of hydrogen-bond donors (Lipinski definition) is 2. The van der Waals surface area contributed by atoms with Gasteiger partial charge >= 0.3 is 0 Å². The van der Waals surface area contributed by atoms with E-state index in [1.807, 2.05) is 25.1 Å². The van der Waals surface area contributed by atoms with Crippen LogP contribution in [0.1, 0.15) is 37.3 Å². The number of benzene rings is 1. The number of hydrogen-bond acceptors (Lipinski definition) is 4. The van der Waals surface area contributed by atoms with Gasteiger partial charge in [0.25, 0.3) is 0 Å². The number of nitrogens with zero attached hydrogens (tertiary/aromatic N) is 1. The van der Waals surface area contributed by atoms with Gasteiger partial charge in [-0.15, -0.1) is 0 Å². The molecule has 1 aromatic carbocycles. The second-order valence-electron chi connectivity index (χ2n) is 4.84. The standard InChI is InChI=1S/C14H19NO3/c1-9-6-7-11(10(2)15-17)14(8-9)18-13-5-3-4-12(13)16/h6-8,12-13,16-17H,3-5H2,1-2H3. The second-order valence-corrected chi connectivity index (χ2v) is 4.84. The van der Waals surface area contributed by atoms with Crippen LogP contribution in [0.2, 0.25) is 0 Å². The molecule has 2 atom stereocenters. The lowest BCUT2D eigenvalue weighted by molar-refractivity contribution is 0.0602. The van der Waals surface area contributed by atoms with E-state index in [0.29, 0.717) is 11.5 Å². The Balaban J connectivity index is 2.27. The molecular formula is C14H19NO3. The van der Waals surface area contributed by atoms with E-state index in [1.165, 1.54) is 0 Å². The van der Waals surface area contributed by atoms with E-state index < -0.39 is 6.10 Å². The molecule has 1 aliphatic carbocycles. The number of aliphatic hydroxyl groups is 1. The van der Waals surface area contributed by atoms with E-state index in [4.69, 9.17) is 9.94 Å². The van der Waals surface area contributed by atoms with Crippen LogP contribution in [-0.4, -0.2) is 28.2 Å². The molecule has 0 amide bonds. The fourth-order valence-corrected chi connectivity index (χ4v) is 2.29. The van der Waals surface area contributed by atoms with Crippen molar-refractivity contribution in [1.29, 1.82) is 0 Å². The van der Waals surface area contributed by atoms with Crippen molar-refractivity contribution in [2.75, 3.05) is 0 Å². The van der Waals surface area contributed by atoms with Crippen LogP contribution >= 0.6 is 0 Å². The summed E-state index contributed by atoms with van der Waals surface area (Å²) < 4.78 is 5.88. The molecule has 4 nitrogen and oxygen atoms in total. The highest BCUT2D eigenvalue weighted by molar-refractivity contribution is 6.00. The van der Waals surface area contributed by atoms with E-state index in [1.54, 1.807) is 6.92 Å². The third-order valence-corrected chi connectivity index (χ3v) is 3.37. The van der Waals surface area contributed by atoms with E-state index in [2.05, 4.69) is 5.16 Å². The molecule has 2 N–H and O–H groups in total. The Labute approximate surface area is 107 Å². The normalized spacial score (nSPS) is 24.3. The monoisotopic (exact) mass is 249 g/mol. The third kappa shape index (κ3) is 2.64. The fourth-order valence-electron chi connectivity index (χ4n) is 2.29. The van der Waals surface area contributed by atoms with Gasteiger partial charge in [-0.3, -0.25) is 0 Å². The first-order chi connectivity index (χ1) is 8.61. The Kier molecular flexibility index (Phi) is 3.87. The van der Waals surface area contributed by atoms with Crippen molar-refractivity contribution >= 4 is 5.71 Å². The molecule has 2 rings (SSSR count). The number of aliphatic hydroxyl groups excluding tert-OH is 1. The van der Waals surface area contributed by atoms with Crippen LogP contribution in [0.15, 0.2) is 23.4 Å². The zero-order valence-corrected chi connectivity index (χ0v) is 10.8. The molecule has 1 fully saturated rings. The molecule has 0 saturated heterocycles. The van der Waals surface area contributed by atoms with Crippen LogP contribution in [0.25, 0.3) is 0 Å². The van der Waals surface area contributed by atoms with Crippen LogP contribution in [0, 0.1) is 6.92 Å². The van der Waals surface area contributed by atoms with Gasteiger partial charge in [0.05, 0.1) is 11.8 Å². The molecule has 0 radical (unpaired) electrons. The maximum absolute atomic E-state index is 9.80. The molecule has 0 bridgehead atoms. The molecule has 1 aliphatic rings. The van der Waals surface area contributed by atoms with Gasteiger partial charge in [-0.1, -0.05) is 11.2 Å². The Morgan fingerprint density at radius 1 is 1.39 bits per heavy atom. The average molecular weight is 249 g/mol. The zero-order valence-electron chi connectivity index (χ0n) is 10.8. The number of rotatable bonds is 3. The van der Waals surface area contributed by atoms with Crippen LogP contribution in [0.5, 0.6) is 5.75 Å². The van der Waals surface area contributed by atoms with Crippen molar-refractivity contribution in [3.8, 4) is 5.75 Å². The number of aryl methyl sites for hydroxylation is 1. The molecule has 0 spiro atoms. The van der Waals surface area contributed by atoms with Crippen LogP contribution in [-0.2, 0) is 0 Å². The van der Waals surface area contributed by atoms with Crippen LogP contribution in [0.4, 0.5) is 0 Å². The minimum Gasteiger partial charge on any atom is -0.487 e. The summed E-state index contributed by atoms with van der Waals surface area (Å²) in [6.45, 7) is 3.70. The number of ether oxygens (including phenoxy) is 1. The van der Waals surface area contributed by atoms with E-state index in [-0.39, 0.29) is 6.10 Å². The van der Waals surface area contributed by atoms with Crippen molar-refractivity contribution in [2.45, 2.75) is 45.3 Å². The minimum atomic E-state index is -0.398. The Morgan fingerprint density at radius 3 is 2.78 bits per heavy atom. The van der Waals surface area contributed by atoms with Gasteiger partial charge in [0, 0.05) is 5.56 Å². The minimum absolute atomic E-state index is 0.156. The van der Waals surface area contributed by atoms with Gasteiger partial charge in [-0.2, -0.15) is 0 Å². The van der Waals surface area contributed by atoms with E-state index in [9.17, 15) is 5.11 Å². The summed E-state index contributed by atoms with van der Waals surface area (Å²) in [5, 5.41) is 21.9. The molecule has 2 unspecified atom stereocenters. The summed E-state index contributed by atoms with van der Waals surface area (Å²) in [6.07, 6.45) is 2.09. The summed E-state index contributed by atoms with van der Waals surface area (Å²) in [6, 6.07) is 5.73. The predicted octanol–water partition coefficient (Wildman–Crippen LogP) is 2.49. The van der Waals surface area contributed by atoms with Gasteiger partial charge < -0.3 is 15.1 Å². The lowest BCUT2D eigenvalue weighted by atomic mass is 10.1. The van der Waals surface area contributed by atoms with E-state index >= 15 is 0 Å². The topological polar surface area (TPSA) is 62.1 Å². The lowest BCUT2D eigenvalue weighted by Gasteiger charge is -2.19. The maximum Gasteiger partial charge on any atom is 0.129 e. The van der Waals surface area contributed by atoms with E-state index in [0.717, 1.165) is 30.4 Å². The highest BCUT2D eigenvalue weighted by Crippen LogP contribution is 2.28. The first-order valence-corrected chi connectivity index (χ1v) is 6.26. The van der Waals surface area contributed by atoms with Crippen molar-refractivity contribution in [3.05, 3.63) is 29.3 Å². The molecule has 4 heteroatoms. The van der Waals surface area contributed by atoms with Gasteiger partial charge in [0.15, 0.2) is 0 Å². The van der Waals surface area contributed by atoms with Crippen LogP contribution in [0.3, 0.4) is 0 Å². The first-order valence-electron chi connectivity index (χ1n) is 6.26. The quantitative estimate of drug-likeness (QED) is 0.491. The summed E-state index contributed by atoms with van der Waals surface area (Å²) in [5.41, 5.74) is 2.35. The molecule has 1 aromatic rings. The van der Waals surface area contributed by atoms with Crippen molar-refractivity contribution in [2.24, 2.45) is 5.16 Å². The van der Waals surface area contributed by atoms with Gasteiger partial charge in [0.2, 0.25) is 0 Å². The smallest absolute Gasteiger partial charge is 0.129 e. The summed E-state index contributed by atoms with van der Waals surface area (Å²) >= 11 is 0. The fraction of sp³-hybridized carbons (Fsp3) is 0.500. The molecule has 98 valence electrons. The first kappa shape index (κ1) is 12.9. The van der Waals surface area contributed by atoms with Crippen molar-refractivity contribution in [1.82, 2.24) is 0 Å². The number of oxime groups is 1. The molecule has 18 heavy (non-hydrogen) atoms. The molecule has 0 aliphatic heterocycles. The predicted molar refractivity (Wildman–Crippen MR) is 69.5 cm³/mol. The lowest BCUT2D eigenvalue weighted by Crippen LogP contribution is -2.26. The third-order valence-electron chi connectivity index (χ3n) is 3.37. The van der Waals surface area contributed by atoms with Gasteiger partial charge in [-0.05, 0) is 50.8 Å². The van der Waals surface area contributed by atoms with Crippen LogP contribution < -0.4 is 4.74 Å². The molecule has 1 saturated carbocycles. The summed E-state index contributed by atoms with van der Waals surface area (Å²) in [4.78, 5) is 0. The summed E-state index contributed by atoms with van der Waals surface area (Å²) in [5.74, 6) is 0.677. The summed E-state index contributed by atoms with van der Waals surface area (Å²) in [7, 11) is 0. The zero-order chi connectivity index (χ0) is 13.1. The Bertz CT molecular complexity index is 456. The van der Waals surface area contributed by atoms with Gasteiger partial charge in [-0.25, -0.2) is 0 Å². The highest BCUT2D eigenvalue weighted by Gasteiger charge is 2.27. The largest absolute Gasteiger partial charge is 0.487 e. The average Bonchev–Trinajstić information content (AvgIpc) is 2.74. The van der Waals surface area contributed by atoms with Crippen molar-refractivity contribution in [3.63, 3.8) is 0 Å². The van der Waals surface area contributed by atoms with Crippen molar-refractivity contribution < 1.29 is 15.1 Å². The highest BCUT2D eigenvalue weighted by atomic mass is 16.5.